The van der Waals surface area contributed by atoms with E-state index in [-0.39, 0.29) is 16.7 Å². The smallest absolute Gasteiger partial charge is 0.416 e. The molecule has 0 aliphatic heterocycles. The van der Waals surface area contributed by atoms with Crippen LogP contribution in [0.25, 0.3) is 11.1 Å². The minimum atomic E-state index is -4.59. The van der Waals surface area contributed by atoms with Crippen molar-refractivity contribution in [1.82, 2.24) is 0 Å². The fourth-order valence-electron chi connectivity index (χ4n) is 2.01. The molecule has 2 aromatic carbocycles. The molecule has 2 rings (SSSR count). The Balaban J connectivity index is 2.59. The molecule has 0 heterocycles. The van der Waals surface area contributed by atoms with Gasteiger partial charge in [0.15, 0.2) is 0 Å². The number of hydrogen-bond donors (Lipinski definition) is 1. The summed E-state index contributed by atoms with van der Waals surface area (Å²) in [6, 6.07) is 7.98. The van der Waals surface area contributed by atoms with Crippen LogP contribution in [0.2, 0.25) is 0 Å². The minimum Gasteiger partial charge on any atom is -0.481 e. The molecule has 0 radical (unpaired) electrons. The van der Waals surface area contributed by atoms with Crippen molar-refractivity contribution < 1.29 is 27.5 Å². The molecule has 2 aromatic rings. The Hall–Kier alpha value is -2.37. The van der Waals surface area contributed by atoms with Crippen molar-refractivity contribution in [2.24, 2.45) is 0 Å². The van der Waals surface area contributed by atoms with Gasteiger partial charge in [-0.05, 0) is 29.3 Å². The molecule has 0 saturated carbocycles. The summed E-state index contributed by atoms with van der Waals surface area (Å²) < 4.78 is 52.0. The molecule has 0 fully saturated rings. The minimum absolute atomic E-state index is 0.142. The molecule has 0 aliphatic carbocycles. The number of hydrogen-bond acceptors (Lipinski definition) is 1. The zero-order valence-electron chi connectivity index (χ0n) is 10.6. The van der Waals surface area contributed by atoms with Gasteiger partial charge in [-0.3, -0.25) is 4.79 Å². The third kappa shape index (κ3) is 3.39. The molecule has 110 valence electrons. The second-order valence-corrected chi connectivity index (χ2v) is 4.42. The average Bonchev–Trinajstić information content (AvgIpc) is 2.38. The molecule has 0 spiro atoms. The number of carboxylic acids is 1. The highest BCUT2D eigenvalue weighted by Crippen LogP contribution is 2.34. The molecule has 0 aromatic heterocycles. The van der Waals surface area contributed by atoms with Crippen molar-refractivity contribution in [2.75, 3.05) is 0 Å². The number of carboxylic acid groups (broad SMARTS) is 1. The van der Waals surface area contributed by atoms with Gasteiger partial charge in [0.25, 0.3) is 0 Å². The first-order valence-electron chi connectivity index (χ1n) is 5.96. The quantitative estimate of drug-likeness (QED) is 0.865. The third-order valence-electron chi connectivity index (χ3n) is 2.94. The zero-order valence-corrected chi connectivity index (χ0v) is 10.6. The third-order valence-corrected chi connectivity index (χ3v) is 2.94. The highest BCUT2D eigenvalue weighted by atomic mass is 19.4. The first-order chi connectivity index (χ1) is 9.79. The summed E-state index contributed by atoms with van der Waals surface area (Å²) in [7, 11) is 0. The molecule has 1 N–H and O–H groups in total. The molecule has 0 unspecified atom stereocenters. The first-order valence-corrected chi connectivity index (χ1v) is 5.96. The second-order valence-electron chi connectivity index (χ2n) is 4.42. The van der Waals surface area contributed by atoms with Crippen LogP contribution in [0.15, 0.2) is 42.5 Å². The molecule has 0 amide bonds. The van der Waals surface area contributed by atoms with Crippen LogP contribution >= 0.6 is 0 Å². The molecular weight excluding hydrogens is 288 g/mol. The Kier molecular flexibility index (Phi) is 3.97. The van der Waals surface area contributed by atoms with Crippen LogP contribution in [0, 0.1) is 5.82 Å². The predicted molar refractivity (Wildman–Crippen MR) is 68.2 cm³/mol. The molecule has 0 aliphatic rings. The van der Waals surface area contributed by atoms with Gasteiger partial charge >= 0.3 is 12.1 Å². The van der Waals surface area contributed by atoms with Gasteiger partial charge in [0.2, 0.25) is 0 Å². The van der Waals surface area contributed by atoms with E-state index in [2.05, 4.69) is 0 Å². The van der Waals surface area contributed by atoms with Gasteiger partial charge in [0.05, 0.1) is 12.0 Å². The Morgan fingerprint density at radius 3 is 2.33 bits per heavy atom. The average molecular weight is 298 g/mol. The fourth-order valence-corrected chi connectivity index (χ4v) is 2.01. The first kappa shape index (κ1) is 15.0. The van der Waals surface area contributed by atoms with Crippen LogP contribution in [0.1, 0.15) is 11.1 Å². The van der Waals surface area contributed by atoms with E-state index in [1.807, 2.05) is 0 Å². The summed E-state index contributed by atoms with van der Waals surface area (Å²) in [6.07, 6.45) is -4.99. The normalized spacial score (nSPS) is 11.4. The Morgan fingerprint density at radius 1 is 1.05 bits per heavy atom. The van der Waals surface area contributed by atoms with E-state index in [0.29, 0.717) is 12.1 Å². The predicted octanol–water partition coefficient (Wildman–Crippen LogP) is 4.14. The van der Waals surface area contributed by atoms with E-state index in [9.17, 15) is 22.4 Å². The molecule has 0 bridgehead atoms. The lowest BCUT2D eigenvalue weighted by molar-refractivity contribution is -0.138. The number of carbonyl (C=O) groups is 1. The van der Waals surface area contributed by atoms with Crippen molar-refractivity contribution in [3.8, 4) is 11.1 Å². The van der Waals surface area contributed by atoms with Crippen molar-refractivity contribution >= 4 is 5.97 Å². The maximum Gasteiger partial charge on any atom is 0.416 e. The Bertz CT molecular complexity index is 678. The molecule has 21 heavy (non-hydrogen) atoms. The van der Waals surface area contributed by atoms with Crippen LogP contribution < -0.4 is 0 Å². The molecular formula is C15H10F4O2. The number of benzene rings is 2. The van der Waals surface area contributed by atoms with E-state index in [1.165, 1.54) is 18.2 Å². The SMILES string of the molecule is O=C(O)Cc1ccccc1-c1cc(C(F)(F)F)ccc1F. The van der Waals surface area contributed by atoms with Gasteiger partial charge in [-0.1, -0.05) is 24.3 Å². The van der Waals surface area contributed by atoms with E-state index >= 15 is 0 Å². The largest absolute Gasteiger partial charge is 0.481 e. The lowest BCUT2D eigenvalue weighted by Crippen LogP contribution is -2.06. The summed E-state index contributed by atoms with van der Waals surface area (Å²) in [5.41, 5.74) is -0.850. The van der Waals surface area contributed by atoms with Gasteiger partial charge in [-0.2, -0.15) is 13.2 Å². The summed E-state index contributed by atoms with van der Waals surface area (Å²) in [5, 5.41) is 8.82. The molecule has 0 atom stereocenters. The second kappa shape index (κ2) is 5.55. The van der Waals surface area contributed by atoms with Crippen LogP contribution in [0.3, 0.4) is 0 Å². The highest BCUT2D eigenvalue weighted by molar-refractivity contribution is 5.77. The Morgan fingerprint density at radius 2 is 1.71 bits per heavy atom. The molecule has 2 nitrogen and oxygen atoms in total. The van der Waals surface area contributed by atoms with Gasteiger partial charge in [0.1, 0.15) is 5.82 Å². The lowest BCUT2D eigenvalue weighted by Gasteiger charge is -2.12. The van der Waals surface area contributed by atoms with Crippen molar-refractivity contribution in [2.45, 2.75) is 12.6 Å². The van der Waals surface area contributed by atoms with Crippen molar-refractivity contribution in [3.63, 3.8) is 0 Å². The van der Waals surface area contributed by atoms with Gasteiger partial charge < -0.3 is 5.11 Å². The highest BCUT2D eigenvalue weighted by Gasteiger charge is 2.31. The number of rotatable bonds is 3. The van der Waals surface area contributed by atoms with Gasteiger partial charge in [0, 0.05) is 5.56 Å². The fraction of sp³-hybridized carbons (Fsp3) is 0.133. The van der Waals surface area contributed by atoms with E-state index < -0.39 is 29.9 Å². The molecule has 0 saturated heterocycles. The summed E-state index contributed by atoms with van der Waals surface area (Å²) in [6.45, 7) is 0. The number of halogens is 4. The van der Waals surface area contributed by atoms with Crippen LogP contribution in [-0.2, 0) is 17.4 Å². The topological polar surface area (TPSA) is 37.3 Å². The van der Waals surface area contributed by atoms with Crippen molar-refractivity contribution in [1.29, 1.82) is 0 Å². The van der Waals surface area contributed by atoms with Gasteiger partial charge in [-0.15, -0.1) is 0 Å². The summed E-state index contributed by atoms with van der Waals surface area (Å²) in [4.78, 5) is 10.8. The Labute approximate surface area is 117 Å². The monoisotopic (exact) mass is 298 g/mol. The lowest BCUT2D eigenvalue weighted by atomic mass is 9.96. The van der Waals surface area contributed by atoms with Crippen LogP contribution in [0.4, 0.5) is 17.6 Å². The van der Waals surface area contributed by atoms with Crippen LogP contribution in [0.5, 0.6) is 0 Å². The maximum atomic E-state index is 13.8. The van der Waals surface area contributed by atoms with E-state index in [0.717, 1.165) is 6.07 Å². The van der Waals surface area contributed by atoms with E-state index in [1.54, 1.807) is 6.07 Å². The standard InChI is InChI=1S/C15H10F4O2/c16-13-6-5-10(15(17,18)19)8-12(13)11-4-2-1-3-9(11)7-14(20)21/h1-6,8H,7H2,(H,20,21). The van der Waals surface area contributed by atoms with Gasteiger partial charge in [-0.25, -0.2) is 4.39 Å². The number of alkyl halides is 3. The molecule has 6 heteroatoms. The summed E-state index contributed by atoms with van der Waals surface area (Å²) >= 11 is 0. The number of aliphatic carboxylic acids is 1. The zero-order chi connectivity index (χ0) is 15.6. The maximum absolute atomic E-state index is 13.8. The van der Waals surface area contributed by atoms with Crippen molar-refractivity contribution in [3.05, 3.63) is 59.4 Å². The summed E-state index contributed by atoms with van der Waals surface area (Å²) in [5.74, 6) is -1.98. The van der Waals surface area contributed by atoms with Crippen LogP contribution in [-0.4, -0.2) is 11.1 Å². The van der Waals surface area contributed by atoms with E-state index in [4.69, 9.17) is 5.11 Å².